The zero-order chi connectivity index (χ0) is 13.2. The average Bonchev–Trinajstić information content (AvgIpc) is 2.41. The summed E-state index contributed by atoms with van der Waals surface area (Å²) in [5, 5.41) is 8.78. The quantitative estimate of drug-likeness (QED) is 0.819. The molecular weight excluding hydrogens is 236 g/mol. The lowest BCUT2D eigenvalue weighted by molar-refractivity contribution is -0.139. The fraction of sp³-hybridized carbons (Fsp3) is 0.538. The molecule has 0 aliphatic heterocycles. The minimum atomic E-state index is -0.860. The van der Waals surface area contributed by atoms with Crippen LogP contribution in [0.3, 0.4) is 0 Å². The highest BCUT2D eigenvalue weighted by Gasteiger charge is 2.26. The van der Waals surface area contributed by atoms with E-state index in [0.717, 1.165) is 15.3 Å². The Morgan fingerprint density at radius 1 is 1.29 bits per heavy atom. The minimum Gasteiger partial charge on any atom is -0.481 e. The van der Waals surface area contributed by atoms with Crippen molar-refractivity contribution in [2.24, 2.45) is 5.41 Å². The van der Waals surface area contributed by atoms with Gasteiger partial charge in [0.15, 0.2) is 5.78 Å². The first-order chi connectivity index (χ1) is 7.71. The Labute approximate surface area is 105 Å². The van der Waals surface area contributed by atoms with Crippen molar-refractivity contribution in [3.8, 4) is 0 Å². The summed E-state index contributed by atoms with van der Waals surface area (Å²) in [6, 6.07) is 1.89. The van der Waals surface area contributed by atoms with Gasteiger partial charge >= 0.3 is 5.97 Å². The monoisotopic (exact) mass is 254 g/mol. The van der Waals surface area contributed by atoms with Crippen molar-refractivity contribution in [2.45, 2.75) is 40.5 Å². The van der Waals surface area contributed by atoms with Crippen molar-refractivity contribution in [1.29, 1.82) is 0 Å². The molecule has 0 aliphatic rings. The first-order valence-corrected chi connectivity index (χ1v) is 6.35. The maximum Gasteiger partial charge on any atom is 0.303 e. The van der Waals surface area contributed by atoms with E-state index in [2.05, 4.69) is 0 Å². The molecule has 0 amide bonds. The number of hydrogen-bond acceptors (Lipinski definition) is 3. The van der Waals surface area contributed by atoms with Gasteiger partial charge in [-0.25, -0.2) is 0 Å². The third-order valence-corrected chi connectivity index (χ3v) is 3.58. The molecule has 0 aliphatic carbocycles. The summed E-state index contributed by atoms with van der Waals surface area (Å²) in [7, 11) is 0. The molecule has 0 radical (unpaired) electrons. The Kier molecular flexibility index (Phi) is 4.09. The molecule has 1 N–H and O–H groups in total. The summed E-state index contributed by atoms with van der Waals surface area (Å²) < 4.78 is 0. The molecule has 0 fully saturated rings. The highest BCUT2D eigenvalue weighted by Crippen LogP contribution is 2.29. The number of ketones is 1. The molecule has 0 bridgehead atoms. The van der Waals surface area contributed by atoms with Gasteiger partial charge in [-0.1, -0.05) is 13.8 Å². The number of carbonyl (C=O) groups is 2. The minimum absolute atomic E-state index is 0.0148. The smallest absolute Gasteiger partial charge is 0.303 e. The molecule has 0 spiro atoms. The Balaban J connectivity index is 2.79. The van der Waals surface area contributed by atoms with Crippen LogP contribution < -0.4 is 0 Å². The van der Waals surface area contributed by atoms with Crippen LogP contribution in [0.2, 0.25) is 0 Å². The van der Waals surface area contributed by atoms with Gasteiger partial charge in [-0.15, -0.1) is 11.3 Å². The number of rotatable bonds is 5. The molecule has 94 valence electrons. The van der Waals surface area contributed by atoms with E-state index in [1.807, 2.05) is 33.8 Å². The molecule has 17 heavy (non-hydrogen) atoms. The second-order valence-corrected chi connectivity index (χ2v) is 6.62. The number of carboxylic acids is 1. The molecule has 1 heterocycles. The van der Waals surface area contributed by atoms with Crippen LogP contribution in [0.5, 0.6) is 0 Å². The lowest BCUT2D eigenvalue weighted by Crippen LogP contribution is -2.21. The van der Waals surface area contributed by atoms with Gasteiger partial charge in [0, 0.05) is 21.7 Å². The molecule has 1 aromatic heterocycles. The van der Waals surface area contributed by atoms with Crippen molar-refractivity contribution in [3.63, 3.8) is 0 Å². The van der Waals surface area contributed by atoms with Crippen molar-refractivity contribution in [3.05, 3.63) is 21.4 Å². The lowest BCUT2D eigenvalue weighted by Gasteiger charge is -2.21. The van der Waals surface area contributed by atoms with Gasteiger partial charge in [0.25, 0.3) is 0 Å². The molecule has 0 saturated carbocycles. The SMILES string of the molecule is Cc1cc(C(=O)CC(C)(C)CC(=O)O)c(C)s1. The van der Waals surface area contributed by atoms with Gasteiger partial charge in [0.05, 0.1) is 6.42 Å². The molecule has 0 aromatic carbocycles. The molecule has 4 heteroatoms. The van der Waals surface area contributed by atoms with E-state index in [9.17, 15) is 9.59 Å². The largest absolute Gasteiger partial charge is 0.481 e. The molecular formula is C13H18O3S. The van der Waals surface area contributed by atoms with Crippen LogP contribution in [0, 0.1) is 19.3 Å². The van der Waals surface area contributed by atoms with Crippen LogP contribution >= 0.6 is 11.3 Å². The molecule has 0 atom stereocenters. The highest BCUT2D eigenvalue weighted by molar-refractivity contribution is 7.12. The summed E-state index contributed by atoms with van der Waals surface area (Å²) >= 11 is 1.60. The summed E-state index contributed by atoms with van der Waals surface area (Å²) in [6.45, 7) is 7.52. The van der Waals surface area contributed by atoms with Gasteiger partial charge in [-0.2, -0.15) is 0 Å². The second kappa shape index (κ2) is 5.00. The number of aliphatic carboxylic acids is 1. The predicted octanol–water partition coefficient (Wildman–Crippen LogP) is 3.44. The van der Waals surface area contributed by atoms with Crippen molar-refractivity contribution >= 4 is 23.1 Å². The zero-order valence-corrected chi connectivity index (χ0v) is 11.5. The number of aryl methyl sites for hydroxylation is 2. The Morgan fingerprint density at radius 2 is 1.88 bits per heavy atom. The van der Waals surface area contributed by atoms with Crippen molar-refractivity contribution < 1.29 is 14.7 Å². The highest BCUT2D eigenvalue weighted by atomic mass is 32.1. The van der Waals surface area contributed by atoms with E-state index in [-0.39, 0.29) is 18.6 Å². The van der Waals surface area contributed by atoms with Crippen LogP contribution in [0.25, 0.3) is 0 Å². The number of hydrogen-bond donors (Lipinski definition) is 1. The van der Waals surface area contributed by atoms with E-state index in [1.165, 1.54) is 0 Å². The average molecular weight is 254 g/mol. The van der Waals surface area contributed by atoms with Crippen LogP contribution in [0.1, 0.15) is 46.8 Å². The maximum atomic E-state index is 12.1. The van der Waals surface area contributed by atoms with Gasteiger partial charge in [0.1, 0.15) is 0 Å². The number of carbonyl (C=O) groups excluding carboxylic acids is 1. The van der Waals surface area contributed by atoms with Gasteiger partial charge in [0.2, 0.25) is 0 Å². The summed E-state index contributed by atoms with van der Waals surface area (Å²) in [5.41, 5.74) is 0.247. The Morgan fingerprint density at radius 3 is 2.29 bits per heavy atom. The standard InChI is InChI=1S/C13H18O3S/c1-8-5-10(9(2)17-8)11(14)6-13(3,4)7-12(15)16/h5H,6-7H2,1-4H3,(H,15,16). The fourth-order valence-corrected chi connectivity index (χ4v) is 2.85. The first kappa shape index (κ1) is 13.9. The van der Waals surface area contributed by atoms with Crippen molar-refractivity contribution in [1.82, 2.24) is 0 Å². The Hall–Kier alpha value is -1.16. The predicted molar refractivity (Wildman–Crippen MR) is 68.8 cm³/mol. The molecule has 0 saturated heterocycles. The van der Waals surface area contributed by atoms with Crippen LogP contribution in [-0.2, 0) is 4.79 Å². The topological polar surface area (TPSA) is 54.4 Å². The third-order valence-electron chi connectivity index (χ3n) is 2.61. The summed E-state index contributed by atoms with van der Waals surface area (Å²) in [4.78, 5) is 24.9. The van der Waals surface area contributed by atoms with E-state index >= 15 is 0 Å². The molecule has 3 nitrogen and oxygen atoms in total. The Bertz CT molecular complexity index is 444. The number of carboxylic acid groups (broad SMARTS) is 1. The molecule has 0 unspecified atom stereocenters. The van der Waals surface area contributed by atoms with E-state index in [4.69, 9.17) is 5.11 Å². The first-order valence-electron chi connectivity index (χ1n) is 5.53. The van der Waals surface area contributed by atoms with Crippen molar-refractivity contribution in [2.75, 3.05) is 0 Å². The van der Waals surface area contributed by atoms with Crippen LogP contribution in [0.4, 0.5) is 0 Å². The number of Topliss-reactive ketones (excluding diaryl/α,β-unsaturated/α-hetero) is 1. The number of thiophene rings is 1. The second-order valence-electron chi connectivity index (χ2n) is 5.16. The van der Waals surface area contributed by atoms with Gasteiger partial charge < -0.3 is 5.11 Å². The van der Waals surface area contributed by atoms with Gasteiger partial charge in [-0.3, -0.25) is 9.59 Å². The van der Waals surface area contributed by atoms with Crippen LogP contribution in [0.15, 0.2) is 6.07 Å². The summed E-state index contributed by atoms with van der Waals surface area (Å²) in [6.07, 6.45) is 0.289. The lowest BCUT2D eigenvalue weighted by atomic mass is 9.82. The third kappa shape index (κ3) is 3.97. The normalized spacial score (nSPS) is 11.5. The maximum absolute atomic E-state index is 12.1. The molecule has 1 aromatic rings. The summed E-state index contributed by atoms with van der Waals surface area (Å²) in [5.74, 6) is -0.820. The molecule has 1 rings (SSSR count). The fourth-order valence-electron chi connectivity index (χ4n) is 1.91. The van der Waals surface area contributed by atoms with E-state index in [0.29, 0.717) is 0 Å². The van der Waals surface area contributed by atoms with Crippen LogP contribution in [-0.4, -0.2) is 16.9 Å². The van der Waals surface area contributed by atoms with Gasteiger partial charge in [-0.05, 0) is 25.3 Å². The zero-order valence-electron chi connectivity index (χ0n) is 10.7. The van der Waals surface area contributed by atoms with E-state index < -0.39 is 11.4 Å². The van der Waals surface area contributed by atoms with E-state index in [1.54, 1.807) is 11.3 Å².